The van der Waals surface area contributed by atoms with Crippen LogP contribution in [0.5, 0.6) is 5.75 Å². The number of amides is 1. The van der Waals surface area contributed by atoms with E-state index in [-0.39, 0.29) is 11.7 Å². The Balaban J connectivity index is 1.72. The predicted octanol–water partition coefficient (Wildman–Crippen LogP) is 2.76. The fourth-order valence-electron chi connectivity index (χ4n) is 3.11. The third-order valence-corrected chi connectivity index (χ3v) is 4.57. The Labute approximate surface area is 142 Å². The average Bonchev–Trinajstić information content (AvgIpc) is 2.83. The minimum atomic E-state index is -0.0152. The molecule has 1 aliphatic heterocycles. The largest absolute Gasteiger partial charge is 0.508 e. The van der Waals surface area contributed by atoms with E-state index in [2.05, 4.69) is 16.8 Å². The maximum Gasteiger partial charge on any atom is 0.254 e. The number of hydrogen-bond acceptors (Lipinski definition) is 4. The van der Waals surface area contributed by atoms with Gasteiger partial charge in [0.1, 0.15) is 5.75 Å². The monoisotopic (exact) mass is 325 g/mol. The summed E-state index contributed by atoms with van der Waals surface area (Å²) in [4.78, 5) is 21.1. The minimum absolute atomic E-state index is 0.0152. The van der Waals surface area contributed by atoms with Gasteiger partial charge in [0.05, 0.1) is 0 Å². The summed E-state index contributed by atoms with van der Waals surface area (Å²) in [6.45, 7) is 7.02. The number of phenolic OH excluding ortho intramolecular Hbond substituents is 1. The van der Waals surface area contributed by atoms with Crippen molar-refractivity contribution in [1.82, 2.24) is 9.88 Å². The smallest absolute Gasteiger partial charge is 0.254 e. The average molecular weight is 325 g/mol. The minimum Gasteiger partial charge on any atom is -0.508 e. The van der Waals surface area contributed by atoms with Crippen molar-refractivity contribution in [2.24, 2.45) is 0 Å². The van der Waals surface area contributed by atoms with Gasteiger partial charge in [-0.3, -0.25) is 9.78 Å². The second kappa shape index (κ2) is 6.91. The molecule has 0 unspecified atom stereocenters. The van der Waals surface area contributed by atoms with Crippen LogP contribution in [-0.4, -0.2) is 47.1 Å². The van der Waals surface area contributed by atoms with E-state index in [1.807, 2.05) is 30.3 Å². The first-order valence-corrected chi connectivity index (χ1v) is 8.30. The van der Waals surface area contributed by atoms with E-state index in [0.717, 1.165) is 37.2 Å². The van der Waals surface area contributed by atoms with E-state index in [9.17, 15) is 9.90 Å². The van der Waals surface area contributed by atoms with Gasteiger partial charge in [-0.2, -0.15) is 0 Å². The zero-order valence-corrected chi connectivity index (χ0v) is 14.2. The lowest BCUT2D eigenvalue weighted by Crippen LogP contribution is -2.35. The number of aryl methyl sites for hydroxylation is 2. The van der Waals surface area contributed by atoms with Gasteiger partial charge >= 0.3 is 0 Å². The van der Waals surface area contributed by atoms with Gasteiger partial charge in [0.25, 0.3) is 5.91 Å². The number of aromatic hydroxyl groups is 1. The van der Waals surface area contributed by atoms with Gasteiger partial charge < -0.3 is 14.9 Å². The standard InChI is InChI=1S/C19H23N3O2/c1-14-4-5-16(12-18(14)23)19(24)22-9-3-8-21(10-11-22)17-6-7-20-13-15(17)2/h4-7,12-13,23H,3,8-11H2,1-2H3. The van der Waals surface area contributed by atoms with Crippen LogP contribution in [0.15, 0.2) is 36.7 Å². The van der Waals surface area contributed by atoms with Crippen LogP contribution in [0.3, 0.4) is 0 Å². The fraction of sp³-hybridized carbons (Fsp3) is 0.368. The summed E-state index contributed by atoms with van der Waals surface area (Å²) in [6, 6.07) is 7.16. The molecule has 0 spiro atoms. The Morgan fingerprint density at radius 1 is 1.08 bits per heavy atom. The number of hydrogen-bond donors (Lipinski definition) is 1. The van der Waals surface area contributed by atoms with Crippen LogP contribution in [0.25, 0.3) is 0 Å². The van der Waals surface area contributed by atoms with Crippen molar-refractivity contribution in [3.63, 3.8) is 0 Å². The van der Waals surface area contributed by atoms with Crippen LogP contribution in [0, 0.1) is 13.8 Å². The molecule has 24 heavy (non-hydrogen) atoms. The highest BCUT2D eigenvalue weighted by Crippen LogP contribution is 2.22. The molecule has 1 aromatic carbocycles. The number of carbonyl (C=O) groups is 1. The van der Waals surface area contributed by atoms with E-state index in [0.29, 0.717) is 12.1 Å². The molecule has 0 bridgehead atoms. The first kappa shape index (κ1) is 16.3. The molecule has 0 aliphatic carbocycles. The van der Waals surface area contributed by atoms with Crippen molar-refractivity contribution in [2.45, 2.75) is 20.3 Å². The molecule has 1 saturated heterocycles. The van der Waals surface area contributed by atoms with Crippen LogP contribution in [0.4, 0.5) is 5.69 Å². The topological polar surface area (TPSA) is 56.7 Å². The van der Waals surface area contributed by atoms with E-state index < -0.39 is 0 Å². The maximum atomic E-state index is 12.7. The highest BCUT2D eigenvalue weighted by molar-refractivity contribution is 5.94. The Morgan fingerprint density at radius 2 is 1.92 bits per heavy atom. The summed E-state index contributed by atoms with van der Waals surface area (Å²) in [6.07, 6.45) is 4.61. The molecule has 2 aromatic rings. The maximum absolute atomic E-state index is 12.7. The second-order valence-corrected chi connectivity index (χ2v) is 6.30. The van der Waals surface area contributed by atoms with E-state index >= 15 is 0 Å². The quantitative estimate of drug-likeness (QED) is 0.922. The number of carbonyl (C=O) groups excluding carboxylic acids is 1. The lowest BCUT2D eigenvalue weighted by molar-refractivity contribution is 0.0766. The van der Waals surface area contributed by atoms with Crippen molar-refractivity contribution in [3.8, 4) is 5.75 Å². The third-order valence-electron chi connectivity index (χ3n) is 4.57. The van der Waals surface area contributed by atoms with Crippen LogP contribution >= 0.6 is 0 Å². The SMILES string of the molecule is Cc1ccc(C(=O)N2CCCN(c3ccncc3C)CC2)cc1O. The first-order valence-electron chi connectivity index (χ1n) is 8.30. The van der Waals surface area contributed by atoms with Gasteiger partial charge in [-0.05, 0) is 49.6 Å². The molecule has 2 heterocycles. The number of aromatic nitrogens is 1. The molecule has 126 valence electrons. The first-order chi connectivity index (χ1) is 11.6. The summed E-state index contributed by atoms with van der Waals surface area (Å²) < 4.78 is 0. The normalized spacial score (nSPS) is 15.2. The van der Waals surface area contributed by atoms with Gasteiger partial charge in [-0.25, -0.2) is 0 Å². The summed E-state index contributed by atoms with van der Waals surface area (Å²) in [5.74, 6) is 0.156. The zero-order valence-electron chi connectivity index (χ0n) is 14.2. The van der Waals surface area contributed by atoms with E-state index in [1.54, 1.807) is 18.2 Å². The molecule has 1 N–H and O–H groups in total. The van der Waals surface area contributed by atoms with Crippen molar-refractivity contribution >= 4 is 11.6 Å². The number of rotatable bonds is 2. The van der Waals surface area contributed by atoms with Gasteiger partial charge in [0, 0.05) is 49.8 Å². The molecule has 1 aromatic heterocycles. The van der Waals surface area contributed by atoms with Gasteiger partial charge in [-0.1, -0.05) is 6.07 Å². The highest BCUT2D eigenvalue weighted by atomic mass is 16.3. The number of pyridine rings is 1. The van der Waals surface area contributed by atoms with Crippen molar-refractivity contribution in [2.75, 3.05) is 31.1 Å². The lowest BCUT2D eigenvalue weighted by atomic mass is 10.1. The van der Waals surface area contributed by atoms with Gasteiger partial charge in [-0.15, -0.1) is 0 Å². The fourth-order valence-corrected chi connectivity index (χ4v) is 3.11. The van der Waals surface area contributed by atoms with Crippen LogP contribution in [-0.2, 0) is 0 Å². The zero-order chi connectivity index (χ0) is 17.1. The predicted molar refractivity (Wildman–Crippen MR) is 94.6 cm³/mol. The van der Waals surface area contributed by atoms with Gasteiger partial charge in [0.15, 0.2) is 0 Å². The Morgan fingerprint density at radius 3 is 2.67 bits per heavy atom. The van der Waals surface area contributed by atoms with Gasteiger partial charge in [0.2, 0.25) is 0 Å². The number of nitrogens with zero attached hydrogens (tertiary/aromatic N) is 3. The molecule has 3 rings (SSSR count). The Kier molecular flexibility index (Phi) is 4.69. The molecule has 5 heteroatoms. The molecule has 0 saturated carbocycles. The molecule has 0 atom stereocenters. The van der Waals surface area contributed by atoms with Crippen LogP contribution in [0.2, 0.25) is 0 Å². The van der Waals surface area contributed by atoms with Crippen molar-refractivity contribution in [1.29, 1.82) is 0 Å². The van der Waals surface area contributed by atoms with E-state index in [4.69, 9.17) is 0 Å². The summed E-state index contributed by atoms with van der Waals surface area (Å²) in [5, 5.41) is 9.84. The van der Waals surface area contributed by atoms with Crippen LogP contribution in [0.1, 0.15) is 27.9 Å². The molecular formula is C19H23N3O2. The van der Waals surface area contributed by atoms with Crippen molar-refractivity contribution < 1.29 is 9.90 Å². The molecule has 5 nitrogen and oxygen atoms in total. The molecular weight excluding hydrogens is 302 g/mol. The Hall–Kier alpha value is -2.56. The van der Waals surface area contributed by atoms with Crippen LogP contribution < -0.4 is 4.90 Å². The number of benzene rings is 1. The molecule has 1 fully saturated rings. The molecule has 1 aliphatic rings. The Bertz CT molecular complexity index is 745. The number of anilines is 1. The third kappa shape index (κ3) is 3.35. The van der Waals surface area contributed by atoms with E-state index in [1.165, 1.54) is 5.69 Å². The molecule has 1 amide bonds. The molecule has 0 radical (unpaired) electrons. The highest BCUT2D eigenvalue weighted by Gasteiger charge is 2.21. The van der Waals surface area contributed by atoms with Crippen molar-refractivity contribution in [3.05, 3.63) is 53.3 Å². The second-order valence-electron chi connectivity index (χ2n) is 6.30. The number of phenols is 1. The summed E-state index contributed by atoms with van der Waals surface area (Å²) in [5.41, 5.74) is 3.67. The lowest BCUT2D eigenvalue weighted by Gasteiger charge is -2.25. The summed E-state index contributed by atoms with van der Waals surface area (Å²) >= 11 is 0. The summed E-state index contributed by atoms with van der Waals surface area (Å²) in [7, 11) is 0.